The fourth-order valence-corrected chi connectivity index (χ4v) is 1.61. The molecule has 0 aliphatic rings. The van der Waals surface area contributed by atoms with Gasteiger partial charge in [-0.15, -0.1) is 0 Å². The van der Waals surface area contributed by atoms with Gasteiger partial charge < -0.3 is 15.2 Å². The number of rotatable bonds is 3. The van der Waals surface area contributed by atoms with Crippen LogP contribution in [0.25, 0.3) is 0 Å². The zero-order valence-corrected chi connectivity index (χ0v) is 10.8. The zero-order chi connectivity index (χ0) is 13.8. The van der Waals surface area contributed by atoms with E-state index in [9.17, 15) is 4.79 Å². The van der Waals surface area contributed by atoms with Gasteiger partial charge in [0.05, 0.1) is 19.0 Å². The summed E-state index contributed by atoms with van der Waals surface area (Å²) in [4.78, 5) is 15.4. The smallest absolute Gasteiger partial charge is 0.341 e. The maximum atomic E-state index is 11.6. The van der Waals surface area contributed by atoms with Crippen molar-refractivity contribution in [3.8, 4) is 11.5 Å². The average molecular weight is 279 g/mol. The summed E-state index contributed by atoms with van der Waals surface area (Å²) in [6.07, 6.45) is 1.39. The number of para-hydroxylation sites is 1. The number of esters is 1. The van der Waals surface area contributed by atoms with Crippen LogP contribution in [0.3, 0.4) is 0 Å². The predicted molar refractivity (Wildman–Crippen MR) is 71.5 cm³/mol. The van der Waals surface area contributed by atoms with E-state index in [0.29, 0.717) is 22.7 Å². The molecular weight excluding hydrogens is 268 g/mol. The monoisotopic (exact) mass is 278 g/mol. The number of benzene rings is 1. The maximum absolute atomic E-state index is 11.6. The van der Waals surface area contributed by atoms with E-state index in [1.807, 2.05) is 0 Å². The second kappa shape index (κ2) is 5.58. The largest absolute Gasteiger partial charge is 0.465 e. The Morgan fingerprint density at radius 3 is 2.79 bits per heavy atom. The highest BCUT2D eigenvalue weighted by Gasteiger charge is 2.14. The van der Waals surface area contributed by atoms with Crippen LogP contribution in [0.15, 0.2) is 36.5 Å². The molecule has 0 atom stereocenters. The van der Waals surface area contributed by atoms with Crippen LogP contribution < -0.4 is 10.5 Å². The number of carbonyl (C=O) groups excluding carboxylic acids is 1. The molecular formula is C13H11ClN2O3. The highest BCUT2D eigenvalue weighted by Crippen LogP contribution is 2.31. The van der Waals surface area contributed by atoms with Crippen molar-refractivity contribution >= 4 is 23.3 Å². The van der Waals surface area contributed by atoms with E-state index < -0.39 is 5.97 Å². The average Bonchev–Trinajstić information content (AvgIpc) is 2.42. The van der Waals surface area contributed by atoms with E-state index in [0.717, 1.165) is 0 Å². The summed E-state index contributed by atoms with van der Waals surface area (Å²) >= 11 is 5.77. The van der Waals surface area contributed by atoms with E-state index in [-0.39, 0.29) is 5.15 Å². The van der Waals surface area contributed by atoms with E-state index >= 15 is 0 Å². The number of pyridine rings is 1. The maximum Gasteiger partial charge on any atom is 0.341 e. The van der Waals surface area contributed by atoms with Crippen LogP contribution in [0, 0.1) is 0 Å². The molecule has 0 bridgehead atoms. The highest BCUT2D eigenvalue weighted by molar-refractivity contribution is 6.29. The van der Waals surface area contributed by atoms with Crippen molar-refractivity contribution in [1.82, 2.24) is 4.98 Å². The van der Waals surface area contributed by atoms with E-state index in [2.05, 4.69) is 9.72 Å². The molecule has 2 aromatic rings. The molecule has 0 saturated heterocycles. The summed E-state index contributed by atoms with van der Waals surface area (Å²) in [6.45, 7) is 0. The zero-order valence-electron chi connectivity index (χ0n) is 10.1. The number of hydrogen-bond acceptors (Lipinski definition) is 5. The Balaban J connectivity index is 2.38. The summed E-state index contributed by atoms with van der Waals surface area (Å²) < 4.78 is 10.3. The molecule has 2 rings (SSSR count). The Bertz CT molecular complexity index is 617. The van der Waals surface area contributed by atoms with Gasteiger partial charge in [0.15, 0.2) is 5.75 Å². The molecule has 2 N–H and O–H groups in total. The Labute approximate surface area is 114 Å². The fraction of sp³-hybridized carbons (Fsp3) is 0.0769. The van der Waals surface area contributed by atoms with Crippen molar-refractivity contribution in [2.75, 3.05) is 12.8 Å². The third kappa shape index (κ3) is 2.95. The Morgan fingerprint density at radius 1 is 1.32 bits per heavy atom. The molecule has 0 aliphatic heterocycles. The van der Waals surface area contributed by atoms with Gasteiger partial charge in [0, 0.05) is 6.07 Å². The highest BCUT2D eigenvalue weighted by atomic mass is 35.5. The minimum atomic E-state index is -0.491. The minimum absolute atomic E-state index is 0.250. The molecule has 1 heterocycles. The molecule has 0 saturated carbocycles. The van der Waals surface area contributed by atoms with Crippen LogP contribution in [0.4, 0.5) is 5.69 Å². The lowest BCUT2D eigenvalue weighted by molar-refractivity contribution is 0.0598. The van der Waals surface area contributed by atoms with Gasteiger partial charge in [-0.05, 0) is 12.1 Å². The summed E-state index contributed by atoms with van der Waals surface area (Å²) in [5.74, 6) is 0.175. The van der Waals surface area contributed by atoms with Gasteiger partial charge in [-0.3, -0.25) is 0 Å². The summed E-state index contributed by atoms with van der Waals surface area (Å²) in [7, 11) is 1.30. The number of nitrogens with zero attached hydrogens (tertiary/aromatic N) is 1. The van der Waals surface area contributed by atoms with Gasteiger partial charge >= 0.3 is 5.97 Å². The number of nitrogens with two attached hydrogens (primary N) is 1. The third-order valence-corrected chi connectivity index (χ3v) is 2.58. The number of methoxy groups -OCH3 is 1. The number of anilines is 1. The number of ether oxygens (including phenoxy) is 2. The molecule has 0 radical (unpaired) electrons. The lowest BCUT2D eigenvalue weighted by Crippen LogP contribution is -2.04. The van der Waals surface area contributed by atoms with Gasteiger partial charge in [0.25, 0.3) is 0 Å². The number of aromatic nitrogens is 1. The molecule has 1 aromatic carbocycles. The first-order valence-electron chi connectivity index (χ1n) is 5.38. The van der Waals surface area contributed by atoms with Crippen molar-refractivity contribution in [1.29, 1.82) is 0 Å². The van der Waals surface area contributed by atoms with Gasteiger partial charge in [0.2, 0.25) is 0 Å². The number of carbonyl (C=O) groups is 1. The molecule has 5 nitrogen and oxygen atoms in total. The van der Waals surface area contributed by atoms with Crippen LogP contribution in [-0.4, -0.2) is 18.1 Å². The van der Waals surface area contributed by atoms with Crippen LogP contribution in [-0.2, 0) is 4.74 Å². The molecule has 0 amide bonds. The Kier molecular flexibility index (Phi) is 3.87. The second-order valence-corrected chi connectivity index (χ2v) is 4.02. The van der Waals surface area contributed by atoms with Gasteiger partial charge in [-0.1, -0.05) is 23.7 Å². The molecule has 98 valence electrons. The second-order valence-electron chi connectivity index (χ2n) is 3.63. The number of nitrogen functional groups attached to an aromatic ring is 1. The van der Waals surface area contributed by atoms with Crippen molar-refractivity contribution < 1.29 is 14.3 Å². The number of halogens is 1. The lowest BCUT2D eigenvalue weighted by atomic mass is 10.2. The molecule has 19 heavy (non-hydrogen) atoms. The standard InChI is InChI=1S/C13H11ClN2O3/c1-18-13(17)8-4-2-3-5-10(8)19-11-6-12(14)16-7-9(11)15/h2-7H,15H2,1H3. The Morgan fingerprint density at radius 2 is 2.05 bits per heavy atom. The molecule has 0 unspecified atom stereocenters. The SMILES string of the molecule is COC(=O)c1ccccc1Oc1cc(Cl)ncc1N. The molecule has 0 spiro atoms. The molecule has 0 aliphatic carbocycles. The van der Waals surface area contributed by atoms with Gasteiger partial charge in [-0.2, -0.15) is 0 Å². The minimum Gasteiger partial charge on any atom is -0.465 e. The van der Waals surface area contributed by atoms with Crippen molar-refractivity contribution in [2.24, 2.45) is 0 Å². The Hall–Kier alpha value is -2.27. The molecule has 1 aromatic heterocycles. The van der Waals surface area contributed by atoms with E-state index in [1.54, 1.807) is 24.3 Å². The molecule has 6 heteroatoms. The van der Waals surface area contributed by atoms with Gasteiger partial charge in [-0.25, -0.2) is 9.78 Å². The normalized spacial score (nSPS) is 10.0. The van der Waals surface area contributed by atoms with E-state index in [4.69, 9.17) is 22.1 Å². The van der Waals surface area contributed by atoms with Crippen LogP contribution in [0.1, 0.15) is 10.4 Å². The topological polar surface area (TPSA) is 74.4 Å². The number of hydrogen-bond donors (Lipinski definition) is 1. The summed E-state index contributed by atoms with van der Waals surface area (Å²) in [5, 5.41) is 0.250. The first-order chi connectivity index (χ1) is 9.11. The van der Waals surface area contributed by atoms with Crippen LogP contribution in [0.5, 0.6) is 11.5 Å². The summed E-state index contributed by atoms with van der Waals surface area (Å²) in [5.41, 5.74) is 6.36. The first kappa shape index (κ1) is 13.2. The van der Waals surface area contributed by atoms with Crippen molar-refractivity contribution in [3.63, 3.8) is 0 Å². The summed E-state index contributed by atoms with van der Waals surface area (Å²) in [6, 6.07) is 8.16. The van der Waals surface area contributed by atoms with Crippen LogP contribution in [0.2, 0.25) is 5.15 Å². The predicted octanol–water partition coefficient (Wildman–Crippen LogP) is 2.90. The third-order valence-electron chi connectivity index (χ3n) is 2.37. The quantitative estimate of drug-likeness (QED) is 0.690. The van der Waals surface area contributed by atoms with Crippen LogP contribution >= 0.6 is 11.6 Å². The van der Waals surface area contributed by atoms with Gasteiger partial charge in [0.1, 0.15) is 16.5 Å². The fourth-order valence-electron chi connectivity index (χ4n) is 1.46. The van der Waals surface area contributed by atoms with Crippen molar-refractivity contribution in [2.45, 2.75) is 0 Å². The van der Waals surface area contributed by atoms with E-state index in [1.165, 1.54) is 19.4 Å². The molecule has 0 fully saturated rings. The van der Waals surface area contributed by atoms with Crippen molar-refractivity contribution in [3.05, 3.63) is 47.2 Å². The lowest BCUT2D eigenvalue weighted by Gasteiger charge is -2.11. The first-order valence-corrected chi connectivity index (χ1v) is 5.76.